The zero-order valence-electron chi connectivity index (χ0n) is 7.87. The van der Waals surface area contributed by atoms with Crippen LogP contribution in [0.15, 0.2) is 18.2 Å². The van der Waals surface area contributed by atoms with Crippen LogP contribution in [0.1, 0.15) is 21.3 Å². The molecule has 0 amide bonds. The zero-order valence-corrected chi connectivity index (χ0v) is 9.38. The summed E-state index contributed by atoms with van der Waals surface area (Å²) in [5, 5.41) is -0.381. The van der Waals surface area contributed by atoms with E-state index < -0.39 is 11.5 Å². The Labute approximate surface area is 96.9 Å². The molecule has 5 heteroatoms. The molecule has 2 rings (SSSR count). The van der Waals surface area contributed by atoms with Gasteiger partial charge in [-0.25, -0.2) is 4.79 Å². The van der Waals surface area contributed by atoms with Crippen molar-refractivity contribution >= 4 is 29.2 Å². The maximum Gasteiger partial charge on any atom is 0.337 e. The van der Waals surface area contributed by atoms with E-state index in [1.807, 2.05) is 0 Å². The van der Waals surface area contributed by atoms with Gasteiger partial charge in [0.1, 0.15) is 11.1 Å². The first-order chi connectivity index (χ1) is 7.13. The van der Waals surface area contributed by atoms with Gasteiger partial charge in [-0.2, -0.15) is 0 Å². The lowest BCUT2D eigenvalue weighted by Gasteiger charge is -2.02. The molecule has 1 aliphatic rings. The third-order valence-electron chi connectivity index (χ3n) is 2.20. The molecule has 0 saturated carbocycles. The van der Waals surface area contributed by atoms with E-state index in [1.54, 1.807) is 18.2 Å². The summed E-state index contributed by atoms with van der Waals surface area (Å²) in [5.41, 5.74) is 0.629. The fourth-order valence-corrected chi connectivity index (χ4v) is 1.89. The number of halogens is 2. The van der Waals surface area contributed by atoms with Gasteiger partial charge in [-0.3, -0.25) is 0 Å². The number of carbonyl (C=O) groups excluding carboxylic acids is 1. The maximum atomic E-state index is 11.2. The van der Waals surface area contributed by atoms with Gasteiger partial charge < -0.3 is 9.47 Å². The monoisotopic (exact) mass is 246 g/mol. The summed E-state index contributed by atoms with van der Waals surface area (Å²) < 4.78 is 9.87. The Morgan fingerprint density at radius 1 is 1.47 bits per heavy atom. The molecule has 0 bridgehead atoms. The highest BCUT2D eigenvalue weighted by Crippen LogP contribution is 2.42. The SMILES string of the molecule is COC(=O)c1ccc2c(c1)O[C@@H](Cl)[C@H]2Cl. The van der Waals surface area contributed by atoms with Crippen LogP contribution < -0.4 is 4.74 Å². The van der Waals surface area contributed by atoms with Gasteiger partial charge in [0.25, 0.3) is 0 Å². The normalized spacial score (nSPS) is 23.1. The van der Waals surface area contributed by atoms with E-state index in [1.165, 1.54) is 7.11 Å². The Morgan fingerprint density at radius 2 is 2.20 bits per heavy atom. The number of esters is 1. The van der Waals surface area contributed by atoms with Crippen LogP contribution in [0, 0.1) is 0 Å². The smallest absolute Gasteiger partial charge is 0.337 e. The van der Waals surface area contributed by atoms with Crippen LogP contribution in [-0.2, 0) is 4.74 Å². The molecule has 2 atom stereocenters. The predicted molar refractivity (Wildman–Crippen MR) is 56.6 cm³/mol. The number of carbonyl (C=O) groups is 1. The Balaban J connectivity index is 2.37. The van der Waals surface area contributed by atoms with Gasteiger partial charge in [-0.15, -0.1) is 11.6 Å². The number of ether oxygens (including phenoxy) is 2. The number of benzene rings is 1. The number of methoxy groups -OCH3 is 1. The highest BCUT2D eigenvalue weighted by molar-refractivity contribution is 6.30. The highest BCUT2D eigenvalue weighted by atomic mass is 35.5. The fraction of sp³-hybridized carbons (Fsp3) is 0.300. The molecule has 0 N–H and O–H groups in total. The van der Waals surface area contributed by atoms with Crippen molar-refractivity contribution in [1.82, 2.24) is 0 Å². The van der Waals surface area contributed by atoms with Crippen molar-refractivity contribution in [2.75, 3.05) is 7.11 Å². The largest absolute Gasteiger partial charge is 0.472 e. The molecule has 1 aromatic rings. The minimum atomic E-state index is -0.588. The van der Waals surface area contributed by atoms with E-state index in [2.05, 4.69) is 4.74 Å². The highest BCUT2D eigenvalue weighted by Gasteiger charge is 2.31. The van der Waals surface area contributed by atoms with Gasteiger partial charge in [-0.05, 0) is 12.1 Å². The molecule has 0 unspecified atom stereocenters. The average molecular weight is 247 g/mol. The molecule has 0 aromatic heterocycles. The Kier molecular flexibility index (Phi) is 2.76. The second-order valence-electron chi connectivity index (χ2n) is 3.11. The summed E-state index contributed by atoms with van der Waals surface area (Å²) in [7, 11) is 1.32. The van der Waals surface area contributed by atoms with E-state index in [0.717, 1.165) is 5.56 Å². The minimum absolute atomic E-state index is 0.381. The number of rotatable bonds is 1. The molecule has 3 nitrogen and oxygen atoms in total. The van der Waals surface area contributed by atoms with Gasteiger partial charge in [0.15, 0.2) is 5.56 Å². The molecule has 80 valence electrons. The van der Waals surface area contributed by atoms with Gasteiger partial charge in [0.2, 0.25) is 0 Å². The average Bonchev–Trinajstić information content (AvgIpc) is 2.53. The minimum Gasteiger partial charge on any atom is -0.472 e. The second-order valence-corrected chi connectivity index (χ2v) is 4.02. The standard InChI is InChI=1S/C10H8Cl2O3/c1-14-10(13)5-2-3-6-7(4-5)15-9(12)8(6)11/h2-4,8-9H,1H3/t8-,9+/m0/s1. The topological polar surface area (TPSA) is 35.5 Å². The molecule has 0 fully saturated rings. The van der Waals surface area contributed by atoms with Crippen molar-refractivity contribution < 1.29 is 14.3 Å². The summed E-state index contributed by atoms with van der Waals surface area (Å²) >= 11 is 11.8. The molecule has 1 heterocycles. The molecule has 0 radical (unpaired) electrons. The summed E-state index contributed by atoms with van der Waals surface area (Å²) in [4.78, 5) is 11.2. The molecule has 0 saturated heterocycles. The lowest BCUT2D eigenvalue weighted by Crippen LogP contribution is -2.05. The van der Waals surface area contributed by atoms with Crippen LogP contribution in [0.25, 0.3) is 0 Å². The Morgan fingerprint density at radius 3 is 2.87 bits per heavy atom. The van der Waals surface area contributed by atoms with Gasteiger partial charge in [0.05, 0.1) is 12.7 Å². The number of hydrogen-bond donors (Lipinski definition) is 0. The molecule has 0 spiro atoms. The number of fused-ring (bicyclic) bond motifs is 1. The summed E-state index contributed by atoms with van der Waals surface area (Å²) in [6, 6.07) is 4.94. The van der Waals surface area contributed by atoms with Crippen molar-refractivity contribution in [2.24, 2.45) is 0 Å². The first-order valence-corrected chi connectivity index (χ1v) is 5.18. The van der Waals surface area contributed by atoms with E-state index in [4.69, 9.17) is 27.9 Å². The molecule has 1 aliphatic heterocycles. The zero-order chi connectivity index (χ0) is 11.0. The van der Waals surface area contributed by atoms with E-state index in [9.17, 15) is 4.79 Å². The molecule has 1 aromatic carbocycles. The van der Waals surface area contributed by atoms with Gasteiger partial charge in [0, 0.05) is 5.56 Å². The predicted octanol–water partition coefficient (Wildman–Crippen LogP) is 2.71. The van der Waals surface area contributed by atoms with E-state index in [0.29, 0.717) is 11.3 Å². The van der Waals surface area contributed by atoms with Crippen molar-refractivity contribution in [3.8, 4) is 5.75 Å². The third-order valence-corrected chi connectivity index (χ3v) is 3.14. The summed E-state index contributed by atoms with van der Waals surface area (Å²) in [6.45, 7) is 0. The van der Waals surface area contributed by atoms with Crippen molar-refractivity contribution in [3.63, 3.8) is 0 Å². The molecule has 0 aliphatic carbocycles. The van der Waals surface area contributed by atoms with Crippen LogP contribution in [-0.4, -0.2) is 18.6 Å². The van der Waals surface area contributed by atoms with Crippen molar-refractivity contribution in [3.05, 3.63) is 29.3 Å². The van der Waals surface area contributed by atoms with Crippen LogP contribution in [0.3, 0.4) is 0 Å². The molecular formula is C10H8Cl2O3. The Hall–Kier alpha value is -0.930. The van der Waals surface area contributed by atoms with Crippen molar-refractivity contribution in [2.45, 2.75) is 10.9 Å². The van der Waals surface area contributed by atoms with Gasteiger partial charge in [-0.1, -0.05) is 17.7 Å². The van der Waals surface area contributed by atoms with E-state index >= 15 is 0 Å². The van der Waals surface area contributed by atoms with E-state index in [-0.39, 0.29) is 5.38 Å². The first-order valence-electron chi connectivity index (χ1n) is 4.30. The lowest BCUT2D eigenvalue weighted by atomic mass is 10.1. The Bertz CT molecular complexity index is 406. The van der Waals surface area contributed by atoms with Gasteiger partial charge >= 0.3 is 5.97 Å². The van der Waals surface area contributed by atoms with Crippen molar-refractivity contribution in [1.29, 1.82) is 0 Å². The second kappa shape index (κ2) is 3.91. The quantitative estimate of drug-likeness (QED) is 0.565. The van der Waals surface area contributed by atoms with Crippen LogP contribution >= 0.6 is 23.2 Å². The fourth-order valence-electron chi connectivity index (χ4n) is 1.43. The number of hydrogen-bond acceptors (Lipinski definition) is 3. The van der Waals surface area contributed by atoms with Crippen LogP contribution in [0.2, 0.25) is 0 Å². The molecule has 15 heavy (non-hydrogen) atoms. The molecular weight excluding hydrogens is 239 g/mol. The van der Waals surface area contributed by atoms with Crippen LogP contribution in [0.5, 0.6) is 5.75 Å². The lowest BCUT2D eigenvalue weighted by molar-refractivity contribution is 0.0600. The summed E-state index contributed by atoms with van der Waals surface area (Å²) in [6.07, 6.45) is 0. The van der Waals surface area contributed by atoms with Crippen LogP contribution in [0.4, 0.5) is 0 Å². The third kappa shape index (κ3) is 1.77. The number of alkyl halides is 2. The first kappa shape index (κ1) is 10.6. The summed E-state index contributed by atoms with van der Waals surface area (Å²) in [5.74, 6) is 0.128. The maximum absolute atomic E-state index is 11.2.